The smallest absolute Gasteiger partial charge is 0.246 e. The third-order valence-electron chi connectivity index (χ3n) is 6.16. The SMILES string of the molecule is O=C1N[C@H](Cc2ccc(O)cc2)C(=O)N2CCN(Cc3cnn(-c4cccc(Cl)c4)c3)C[C@H]12. The van der Waals surface area contributed by atoms with Crippen LogP contribution in [0.15, 0.2) is 60.9 Å². The van der Waals surface area contributed by atoms with Crippen molar-refractivity contribution in [3.05, 3.63) is 77.1 Å². The molecule has 2 aromatic carbocycles. The summed E-state index contributed by atoms with van der Waals surface area (Å²) in [6.07, 6.45) is 4.17. The molecule has 3 aromatic rings. The van der Waals surface area contributed by atoms with Crippen LogP contribution in [0.2, 0.25) is 5.02 Å². The minimum atomic E-state index is -0.583. The van der Waals surface area contributed by atoms with Crippen LogP contribution in [0.4, 0.5) is 0 Å². The number of fused-ring (bicyclic) bond motifs is 1. The Hall–Kier alpha value is -3.36. The van der Waals surface area contributed by atoms with Gasteiger partial charge in [0.15, 0.2) is 0 Å². The molecule has 0 saturated carbocycles. The zero-order valence-electron chi connectivity index (χ0n) is 17.9. The van der Waals surface area contributed by atoms with Gasteiger partial charge in [-0.25, -0.2) is 4.68 Å². The van der Waals surface area contributed by atoms with Gasteiger partial charge >= 0.3 is 0 Å². The Labute approximate surface area is 196 Å². The van der Waals surface area contributed by atoms with E-state index in [-0.39, 0.29) is 17.6 Å². The number of phenolic OH excluding ortho intramolecular Hbond substituents is 1. The molecule has 2 amide bonds. The lowest BCUT2D eigenvalue weighted by Gasteiger charge is -2.45. The molecule has 3 heterocycles. The molecular weight excluding hydrogens is 442 g/mol. The largest absolute Gasteiger partial charge is 0.508 e. The lowest BCUT2D eigenvalue weighted by Crippen LogP contribution is -2.69. The zero-order chi connectivity index (χ0) is 22.9. The summed E-state index contributed by atoms with van der Waals surface area (Å²) in [5, 5.41) is 17.4. The standard InChI is InChI=1S/C24H24ClN5O3/c25-18-2-1-3-19(11-18)30-14-17(12-26-30)13-28-8-9-29-22(15-28)23(32)27-21(24(29)33)10-16-4-6-20(31)7-5-16/h1-7,11-12,14,21-22,31H,8-10,13,15H2,(H,27,32)/t21-,22-/m1/s1. The highest BCUT2D eigenvalue weighted by molar-refractivity contribution is 6.30. The van der Waals surface area contributed by atoms with Gasteiger partial charge in [-0.15, -0.1) is 0 Å². The molecule has 2 saturated heterocycles. The van der Waals surface area contributed by atoms with Crippen LogP contribution in [0.1, 0.15) is 11.1 Å². The number of hydrogen-bond acceptors (Lipinski definition) is 5. The maximum atomic E-state index is 13.0. The van der Waals surface area contributed by atoms with Crippen LogP contribution < -0.4 is 5.32 Å². The van der Waals surface area contributed by atoms with Crippen molar-refractivity contribution < 1.29 is 14.7 Å². The summed E-state index contributed by atoms with van der Waals surface area (Å²) in [6, 6.07) is 13.1. The number of amides is 2. The third-order valence-corrected chi connectivity index (χ3v) is 6.39. The van der Waals surface area contributed by atoms with Crippen molar-refractivity contribution >= 4 is 23.4 Å². The summed E-state index contributed by atoms with van der Waals surface area (Å²) >= 11 is 6.08. The van der Waals surface area contributed by atoms with Crippen LogP contribution >= 0.6 is 11.6 Å². The lowest BCUT2D eigenvalue weighted by molar-refractivity contribution is -0.153. The Kier molecular flexibility index (Phi) is 5.78. The fraction of sp³-hybridized carbons (Fsp3) is 0.292. The molecule has 170 valence electrons. The van der Waals surface area contributed by atoms with Crippen molar-refractivity contribution in [2.45, 2.75) is 25.0 Å². The Morgan fingerprint density at radius 2 is 1.91 bits per heavy atom. The second-order valence-corrected chi connectivity index (χ2v) is 8.92. The van der Waals surface area contributed by atoms with Crippen molar-refractivity contribution in [1.29, 1.82) is 0 Å². The molecule has 2 fully saturated rings. The first kappa shape index (κ1) is 21.5. The Morgan fingerprint density at radius 1 is 1.09 bits per heavy atom. The average Bonchev–Trinajstić information content (AvgIpc) is 3.27. The first-order valence-electron chi connectivity index (χ1n) is 10.9. The van der Waals surface area contributed by atoms with Gasteiger partial charge in [0.2, 0.25) is 11.8 Å². The maximum Gasteiger partial charge on any atom is 0.246 e. The van der Waals surface area contributed by atoms with Crippen LogP contribution in [0.5, 0.6) is 5.75 Å². The van der Waals surface area contributed by atoms with E-state index in [1.165, 1.54) is 0 Å². The van der Waals surface area contributed by atoms with E-state index < -0.39 is 12.1 Å². The molecule has 2 aliphatic rings. The highest BCUT2D eigenvalue weighted by Crippen LogP contribution is 2.21. The lowest BCUT2D eigenvalue weighted by atomic mass is 9.98. The maximum absolute atomic E-state index is 13.0. The highest BCUT2D eigenvalue weighted by Gasteiger charge is 2.43. The molecule has 1 aromatic heterocycles. The first-order valence-corrected chi connectivity index (χ1v) is 11.2. The van der Waals surface area contributed by atoms with Gasteiger partial charge in [-0.3, -0.25) is 14.5 Å². The summed E-state index contributed by atoms with van der Waals surface area (Å²) in [4.78, 5) is 29.8. The van der Waals surface area contributed by atoms with E-state index in [1.54, 1.807) is 33.8 Å². The van der Waals surface area contributed by atoms with Crippen LogP contribution in [0, 0.1) is 0 Å². The number of carbonyl (C=O) groups is 2. The number of aromatic hydroxyl groups is 1. The molecule has 2 atom stereocenters. The van der Waals surface area contributed by atoms with Crippen LogP contribution in [0.25, 0.3) is 5.69 Å². The predicted molar refractivity (Wildman–Crippen MR) is 123 cm³/mol. The van der Waals surface area contributed by atoms with E-state index in [0.717, 1.165) is 16.8 Å². The molecule has 33 heavy (non-hydrogen) atoms. The number of nitrogens with one attached hydrogen (secondary N) is 1. The van der Waals surface area contributed by atoms with Gasteiger partial charge in [-0.05, 0) is 35.9 Å². The molecule has 8 nitrogen and oxygen atoms in total. The molecule has 0 radical (unpaired) electrons. The van der Waals surface area contributed by atoms with Crippen molar-refractivity contribution in [2.75, 3.05) is 19.6 Å². The number of benzene rings is 2. The molecule has 9 heteroatoms. The van der Waals surface area contributed by atoms with E-state index in [4.69, 9.17) is 11.6 Å². The normalized spacial score (nSPS) is 21.1. The number of halogens is 1. The molecular formula is C24H24ClN5O3. The molecule has 5 rings (SSSR count). The average molecular weight is 466 g/mol. The summed E-state index contributed by atoms with van der Waals surface area (Å²) in [5.74, 6) is -0.00847. The van der Waals surface area contributed by atoms with Gasteiger partial charge in [-0.1, -0.05) is 29.8 Å². The van der Waals surface area contributed by atoms with E-state index in [1.807, 2.05) is 36.7 Å². The van der Waals surface area contributed by atoms with Crippen LogP contribution in [-0.2, 0) is 22.6 Å². The van der Waals surface area contributed by atoms with Gasteiger partial charge in [0.25, 0.3) is 0 Å². The minimum absolute atomic E-state index is 0.0545. The van der Waals surface area contributed by atoms with E-state index in [9.17, 15) is 14.7 Å². The third kappa shape index (κ3) is 4.58. The Balaban J connectivity index is 1.22. The Bertz CT molecular complexity index is 1180. The summed E-state index contributed by atoms with van der Waals surface area (Å²) in [6.45, 7) is 2.31. The molecule has 0 spiro atoms. The van der Waals surface area contributed by atoms with E-state index >= 15 is 0 Å². The van der Waals surface area contributed by atoms with Gasteiger partial charge in [0.1, 0.15) is 17.8 Å². The molecule has 0 bridgehead atoms. The topological polar surface area (TPSA) is 90.7 Å². The second kappa shape index (κ2) is 8.88. The molecule has 2 aliphatic heterocycles. The number of hydrogen-bond donors (Lipinski definition) is 2. The molecule has 0 aliphatic carbocycles. The molecule has 2 N–H and O–H groups in total. The quantitative estimate of drug-likeness (QED) is 0.601. The number of aromatic nitrogens is 2. The van der Waals surface area contributed by atoms with Crippen molar-refractivity contribution in [1.82, 2.24) is 24.9 Å². The number of rotatable bonds is 5. The van der Waals surface area contributed by atoms with Crippen molar-refractivity contribution in [3.8, 4) is 11.4 Å². The molecule has 0 unspecified atom stereocenters. The van der Waals surface area contributed by atoms with Crippen molar-refractivity contribution in [3.63, 3.8) is 0 Å². The number of nitrogens with zero attached hydrogens (tertiary/aromatic N) is 4. The summed E-state index contributed by atoms with van der Waals surface area (Å²) < 4.78 is 1.78. The first-order chi connectivity index (χ1) is 16.0. The van der Waals surface area contributed by atoms with Gasteiger partial charge in [0.05, 0.1) is 11.9 Å². The van der Waals surface area contributed by atoms with Crippen LogP contribution in [-0.4, -0.2) is 68.2 Å². The number of piperazine rings is 2. The monoisotopic (exact) mass is 465 g/mol. The van der Waals surface area contributed by atoms with Crippen molar-refractivity contribution in [2.24, 2.45) is 0 Å². The van der Waals surface area contributed by atoms with Gasteiger partial charge in [0, 0.05) is 49.4 Å². The summed E-state index contributed by atoms with van der Waals surface area (Å²) in [5.41, 5.74) is 2.80. The fourth-order valence-electron chi connectivity index (χ4n) is 4.47. The van der Waals surface area contributed by atoms with Gasteiger partial charge in [-0.2, -0.15) is 5.10 Å². The second-order valence-electron chi connectivity index (χ2n) is 8.49. The Morgan fingerprint density at radius 3 is 2.70 bits per heavy atom. The summed E-state index contributed by atoms with van der Waals surface area (Å²) in [7, 11) is 0. The number of carbonyl (C=O) groups excluding carboxylic acids is 2. The zero-order valence-corrected chi connectivity index (χ0v) is 18.7. The number of phenols is 1. The fourth-order valence-corrected chi connectivity index (χ4v) is 4.65. The highest BCUT2D eigenvalue weighted by atomic mass is 35.5. The van der Waals surface area contributed by atoms with Gasteiger partial charge < -0.3 is 15.3 Å². The predicted octanol–water partition coefficient (Wildman–Crippen LogP) is 1.99. The van der Waals surface area contributed by atoms with E-state index in [2.05, 4.69) is 15.3 Å². The van der Waals surface area contributed by atoms with Crippen LogP contribution in [0.3, 0.4) is 0 Å². The van der Waals surface area contributed by atoms with E-state index in [0.29, 0.717) is 37.6 Å². The minimum Gasteiger partial charge on any atom is -0.508 e.